The third-order valence-electron chi connectivity index (χ3n) is 4.64. The molecule has 0 unspecified atom stereocenters. The second-order valence-electron chi connectivity index (χ2n) is 6.07. The molecule has 98 valence electrons. The van der Waals surface area contributed by atoms with Gasteiger partial charge in [0.05, 0.1) is 0 Å². The first-order chi connectivity index (χ1) is 8.34. The lowest BCUT2D eigenvalue weighted by molar-refractivity contribution is 0.0888. The first kappa shape index (κ1) is 13.1. The summed E-state index contributed by atoms with van der Waals surface area (Å²) in [5.41, 5.74) is 6.71. The zero-order valence-corrected chi connectivity index (χ0v) is 11.4. The number of benzene rings is 1. The van der Waals surface area contributed by atoms with Crippen molar-refractivity contribution in [3.63, 3.8) is 0 Å². The van der Waals surface area contributed by atoms with Crippen LogP contribution < -0.4 is 11.1 Å². The lowest BCUT2D eigenvalue weighted by Crippen LogP contribution is -2.54. The maximum atomic E-state index is 12.1. The molecule has 1 aromatic rings. The Morgan fingerprint density at radius 2 is 1.89 bits per heavy atom. The minimum atomic E-state index is -0.221. The van der Waals surface area contributed by atoms with Crippen LogP contribution in [0.4, 0.5) is 0 Å². The van der Waals surface area contributed by atoms with Gasteiger partial charge >= 0.3 is 0 Å². The number of nitrogens with two attached hydrogens (primary N) is 1. The van der Waals surface area contributed by atoms with Crippen LogP contribution in [0.5, 0.6) is 0 Å². The van der Waals surface area contributed by atoms with E-state index in [1.54, 1.807) is 0 Å². The molecule has 3 N–H and O–H groups in total. The Bertz CT molecular complexity index is 437. The molecular formula is C15H22N2O. The third kappa shape index (κ3) is 2.15. The average molecular weight is 246 g/mol. The summed E-state index contributed by atoms with van der Waals surface area (Å²) in [6, 6.07) is 9.47. The third-order valence-corrected chi connectivity index (χ3v) is 4.64. The molecule has 2 rings (SSSR count). The highest BCUT2D eigenvalue weighted by atomic mass is 16.1. The first-order valence-corrected chi connectivity index (χ1v) is 6.49. The van der Waals surface area contributed by atoms with Crippen molar-refractivity contribution in [3.8, 4) is 0 Å². The van der Waals surface area contributed by atoms with Crippen LogP contribution in [0.3, 0.4) is 0 Å². The fraction of sp³-hybridized carbons (Fsp3) is 0.533. The zero-order chi connectivity index (χ0) is 13.4. The predicted octanol–water partition coefficient (Wildman–Crippen LogP) is 2.32. The molecule has 3 nitrogen and oxygen atoms in total. The number of rotatable bonds is 2. The molecule has 1 aromatic carbocycles. The number of hydrogen-bond donors (Lipinski definition) is 2. The fourth-order valence-corrected chi connectivity index (χ4v) is 2.61. The standard InChI is InChI=1S/C15H22N2O/c1-14(2)12(9-10-15(14,3)16)17-13(18)11-7-5-4-6-8-11/h4-8,12H,9-10,16H2,1-3H3,(H,17,18)/t12-,15+/m0/s1. The second kappa shape index (κ2) is 4.39. The largest absolute Gasteiger partial charge is 0.349 e. The monoisotopic (exact) mass is 246 g/mol. The van der Waals surface area contributed by atoms with Crippen molar-refractivity contribution >= 4 is 5.91 Å². The molecule has 0 heterocycles. The number of carbonyl (C=O) groups is 1. The van der Waals surface area contributed by atoms with Gasteiger partial charge in [-0.2, -0.15) is 0 Å². The Morgan fingerprint density at radius 3 is 2.39 bits per heavy atom. The van der Waals surface area contributed by atoms with Gasteiger partial charge in [-0.05, 0) is 31.9 Å². The molecule has 1 aliphatic rings. The van der Waals surface area contributed by atoms with Crippen molar-refractivity contribution in [1.29, 1.82) is 0 Å². The average Bonchev–Trinajstić information content (AvgIpc) is 2.53. The van der Waals surface area contributed by atoms with Crippen molar-refractivity contribution in [2.24, 2.45) is 11.1 Å². The highest BCUT2D eigenvalue weighted by Gasteiger charge is 2.49. The smallest absolute Gasteiger partial charge is 0.251 e. The molecule has 0 aliphatic heterocycles. The normalized spacial score (nSPS) is 30.1. The summed E-state index contributed by atoms with van der Waals surface area (Å²) in [6.07, 6.45) is 1.89. The van der Waals surface area contributed by atoms with E-state index in [4.69, 9.17) is 5.73 Å². The molecule has 1 fully saturated rings. The summed E-state index contributed by atoms with van der Waals surface area (Å²) in [5, 5.41) is 3.12. The van der Waals surface area contributed by atoms with Gasteiger partial charge in [0.2, 0.25) is 0 Å². The summed E-state index contributed by atoms with van der Waals surface area (Å²) in [5.74, 6) is -0.00799. The summed E-state index contributed by atoms with van der Waals surface area (Å²) in [6.45, 7) is 6.34. The molecule has 1 amide bonds. The molecule has 0 spiro atoms. The van der Waals surface area contributed by atoms with Crippen LogP contribution in [0.1, 0.15) is 44.0 Å². The maximum Gasteiger partial charge on any atom is 0.251 e. The van der Waals surface area contributed by atoms with Crippen molar-refractivity contribution in [3.05, 3.63) is 35.9 Å². The van der Waals surface area contributed by atoms with E-state index in [1.165, 1.54) is 0 Å². The van der Waals surface area contributed by atoms with Crippen molar-refractivity contribution < 1.29 is 4.79 Å². The number of nitrogens with one attached hydrogen (secondary N) is 1. The van der Waals surface area contributed by atoms with Gasteiger partial charge in [0.25, 0.3) is 5.91 Å². The van der Waals surface area contributed by atoms with Crippen molar-refractivity contribution in [1.82, 2.24) is 5.32 Å². The minimum Gasteiger partial charge on any atom is -0.349 e. The molecule has 18 heavy (non-hydrogen) atoms. The van der Waals surface area contributed by atoms with Crippen molar-refractivity contribution in [2.75, 3.05) is 0 Å². The fourth-order valence-electron chi connectivity index (χ4n) is 2.61. The summed E-state index contributed by atoms with van der Waals surface area (Å²) in [7, 11) is 0. The van der Waals surface area contributed by atoms with Gasteiger partial charge < -0.3 is 11.1 Å². The summed E-state index contributed by atoms with van der Waals surface area (Å²) in [4.78, 5) is 12.1. The Morgan fingerprint density at radius 1 is 1.28 bits per heavy atom. The lowest BCUT2D eigenvalue weighted by atomic mass is 9.75. The van der Waals surface area contributed by atoms with Gasteiger partial charge in [-0.1, -0.05) is 32.0 Å². The van der Waals surface area contributed by atoms with Crippen molar-refractivity contribution in [2.45, 2.75) is 45.2 Å². The number of carbonyl (C=O) groups excluding carboxylic acids is 1. The molecule has 2 atom stereocenters. The second-order valence-corrected chi connectivity index (χ2v) is 6.07. The van der Waals surface area contributed by atoms with Crippen LogP contribution in [-0.2, 0) is 0 Å². The zero-order valence-electron chi connectivity index (χ0n) is 11.4. The molecule has 1 saturated carbocycles. The van der Waals surface area contributed by atoms with Crippen LogP contribution in [0, 0.1) is 5.41 Å². The Labute approximate surface area is 109 Å². The Kier molecular flexibility index (Phi) is 3.20. The van der Waals surface area contributed by atoms with E-state index < -0.39 is 0 Å². The molecule has 0 aromatic heterocycles. The van der Waals surface area contributed by atoms with Gasteiger partial charge in [-0.25, -0.2) is 0 Å². The molecule has 3 heteroatoms. The maximum absolute atomic E-state index is 12.1. The van der Waals surface area contributed by atoms with Crippen LogP contribution in [-0.4, -0.2) is 17.5 Å². The van der Waals surface area contributed by atoms with E-state index in [1.807, 2.05) is 30.3 Å². The first-order valence-electron chi connectivity index (χ1n) is 6.49. The van der Waals surface area contributed by atoms with E-state index in [-0.39, 0.29) is 22.9 Å². The van der Waals surface area contributed by atoms with E-state index in [0.717, 1.165) is 12.8 Å². The van der Waals surface area contributed by atoms with Crippen LogP contribution in [0.15, 0.2) is 30.3 Å². The van der Waals surface area contributed by atoms with Gasteiger partial charge in [0.1, 0.15) is 0 Å². The van der Waals surface area contributed by atoms with Crippen LogP contribution in [0.25, 0.3) is 0 Å². The minimum absolute atomic E-state index is 0.00799. The van der Waals surface area contributed by atoms with E-state index in [9.17, 15) is 4.79 Å². The van der Waals surface area contributed by atoms with Gasteiger partial charge in [-0.3, -0.25) is 4.79 Å². The quantitative estimate of drug-likeness (QED) is 0.841. The number of hydrogen-bond acceptors (Lipinski definition) is 2. The van der Waals surface area contributed by atoms with E-state index in [2.05, 4.69) is 26.1 Å². The molecule has 0 bridgehead atoms. The van der Waals surface area contributed by atoms with Crippen LogP contribution >= 0.6 is 0 Å². The SMILES string of the molecule is CC1(C)[C@@H](NC(=O)c2ccccc2)CC[C@@]1(C)N. The topological polar surface area (TPSA) is 55.1 Å². The van der Waals surface area contributed by atoms with Gasteiger partial charge in [-0.15, -0.1) is 0 Å². The van der Waals surface area contributed by atoms with Crippen LogP contribution in [0.2, 0.25) is 0 Å². The van der Waals surface area contributed by atoms with Gasteiger partial charge in [0, 0.05) is 22.6 Å². The van der Waals surface area contributed by atoms with E-state index >= 15 is 0 Å². The van der Waals surface area contributed by atoms with Gasteiger partial charge in [0.15, 0.2) is 0 Å². The summed E-state index contributed by atoms with van der Waals surface area (Å²) >= 11 is 0. The van der Waals surface area contributed by atoms with E-state index in [0.29, 0.717) is 5.56 Å². The Hall–Kier alpha value is -1.35. The molecule has 1 aliphatic carbocycles. The predicted molar refractivity (Wildman–Crippen MR) is 73.3 cm³/mol. The lowest BCUT2D eigenvalue weighted by Gasteiger charge is -2.39. The highest BCUT2D eigenvalue weighted by molar-refractivity contribution is 5.94. The molecule has 0 saturated heterocycles. The summed E-state index contributed by atoms with van der Waals surface area (Å²) < 4.78 is 0. The highest BCUT2D eigenvalue weighted by Crippen LogP contribution is 2.44. The number of amides is 1. The molecular weight excluding hydrogens is 224 g/mol. The molecule has 0 radical (unpaired) electrons. The Balaban J connectivity index is 2.10.